The van der Waals surface area contributed by atoms with E-state index in [4.69, 9.17) is 4.74 Å². The Bertz CT molecular complexity index is 487. The molecular formula is C14H17BrN2O3. The SMILES string of the molecule is O=C(CBr)Nc1cccc(C(=O)NC[C@H]2CCCO2)c1. The Balaban J connectivity index is 1.91. The molecule has 5 nitrogen and oxygen atoms in total. The summed E-state index contributed by atoms with van der Waals surface area (Å²) < 4.78 is 5.45. The molecule has 1 atom stereocenters. The molecule has 1 fully saturated rings. The molecule has 1 aliphatic rings. The van der Waals surface area contributed by atoms with Gasteiger partial charge in [-0.15, -0.1) is 0 Å². The number of ether oxygens (including phenoxy) is 1. The molecule has 1 aromatic carbocycles. The molecule has 2 amide bonds. The molecule has 0 spiro atoms. The molecular weight excluding hydrogens is 324 g/mol. The highest BCUT2D eigenvalue weighted by Gasteiger charge is 2.16. The number of halogens is 1. The van der Waals surface area contributed by atoms with Gasteiger partial charge in [0.1, 0.15) is 0 Å². The summed E-state index contributed by atoms with van der Waals surface area (Å²) in [5.74, 6) is -0.308. The summed E-state index contributed by atoms with van der Waals surface area (Å²) in [6.45, 7) is 1.30. The fraction of sp³-hybridized carbons (Fsp3) is 0.429. The Labute approximate surface area is 126 Å². The number of nitrogens with one attached hydrogen (secondary N) is 2. The zero-order valence-electron chi connectivity index (χ0n) is 11.0. The van der Waals surface area contributed by atoms with E-state index in [1.807, 2.05) is 0 Å². The molecule has 1 saturated heterocycles. The van der Waals surface area contributed by atoms with Gasteiger partial charge in [0.15, 0.2) is 0 Å². The van der Waals surface area contributed by atoms with E-state index in [0.717, 1.165) is 19.4 Å². The van der Waals surface area contributed by atoms with Gasteiger partial charge in [0.2, 0.25) is 5.91 Å². The largest absolute Gasteiger partial charge is 0.376 e. The molecule has 1 aliphatic heterocycles. The summed E-state index contributed by atoms with van der Waals surface area (Å²) in [6, 6.07) is 6.86. The highest BCUT2D eigenvalue weighted by molar-refractivity contribution is 9.09. The van der Waals surface area contributed by atoms with Gasteiger partial charge < -0.3 is 15.4 Å². The third-order valence-electron chi connectivity index (χ3n) is 3.04. The van der Waals surface area contributed by atoms with Crippen LogP contribution in [0, 0.1) is 0 Å². The number of rotatable bonds is 5. The molecule has 0 aliphatic carbocycles. The van der Waals surface area contributed by atoms with Crippen molar-refractivity contribution in [3.05, 3.63) is 29.8 Å². The number of anilines is 1. The number of carbonyl (C=O) groups is 2. The van der Waals surface area contributed by atoms with Crippen molar-refractivity contribution in [3.63, 3.8) is 0 Å². The van der Waals surface area contributed by atoms with E-state index in [-0.39, 0.29) is 23.2 Å². The van der Waals surface area contributed by atoms with Crippen molar-refractivity contribution >= 4 is 33.4 Å². The minimum absolute atomic E-state index is 0.121. The first-order valence-corrected chi connectivity index (χ1v) is 7.67. The van der Waals surface area contributed by atoms with Gasteiger partial charge in [-0.25, -0.2) is 0 Å². The highest BCUT2D eigenvalue weighted by atomic mass is 79.9. The van der Waals surface area contributed by atoms with Crippen molar-refractivity contribution in [2.24, 2.45) is 0 Å². The lowest BCUT2D eigenvalue weighted by Crippen LogP contribution is -2.31. The van der Waals surface area contributed by atoms with E-state index in [2.05, 4.69) is 26.6 Å². The van der Waals surface area contributed by atoms with Crippen LogP contribution in [0.1, 0.15) is 23.2 Å². The molecule has 20 heavy (non-hydrogen) atoms. The van der Waals surface area contributed by atoms with Gasteiger partial charge in [-0.3, -0.25) is 9.59 Å². The van der Waals surface area contributed by atoms with Crippen LogP contribution in [0.4, 0.5) is 5.69 Å². The molecule has 0 unspecified atom stereocenters. The van der Waals surface area contributed by atoms with Crippen LogP contribution in [0.2, 0.25) is 0 Å². The van der Waals surface area contributed by atoms with Crippen LogP contribution < -0.4 is 10.6 Å². The van der Waals surface area contributed by atoms with Crippen molar-refractivity contribution in [3.8, 4) is 0 Å². The molecule has 0 radical (unpaired) electrons. The quantitative estimate of drug-likeness (QED) is 0.805. The zero-order chi connectivity index (χ0) is 14.4. The average Bonchev–Trinajstić information content (AvgIpc) is 2.98. The normalized spacial score (nSPS) is 17.8. The zero-order valence-corrected chi connectivity index (χ0v) is 12.6. The first-order valence-electron chi connectivity index (χ1n) is 6.54. The van der Waals surface area contributed by atoms with Gasteiger partial charge in [-0.1, -0.05) is 22.0 Å². The van der Waals surface area contributed by atoms with Crippen LogP contribution in [0.25, 0.3) is 0 Å². The maximum Gasteiger partial charge on any atom is 0.251 e. The first kappa shape index (κ1) is 15.0. The number of hydrogen-bond acceptors (Lipinski definition) is 3. The van der Waals surface area contributed by atoms with E-state index in [0.29, 0.717) is 17.8 Å². The Hall–Kier alpha value is -1.40. The molecule has 2 rings (SSSR count). The monoisotopic (exact) mass is 340 g/mol. The summed E-state index contributed by atoms with van der Waals surface area (Å²) in [7, 11) is 0. The maximum absolute atomic E-state index is 12.0. The lowest BCUT2D eigenvalue weighted by Gasteiger charge is -2.11. The van der Waals surface area contributed by atoms with Crippen molar-refractivity contribution in [1.29, 1.82) is 0 Å². The lowest BCUT2D eigenvalue weighted by molar-refractivity contribution is -0.113. The van der Waals surface area contributed by atoms with Crippen molar-refractivity contribution in [1.82, 2.24) is 5.32 Å². The second kappa shape index (κ2) is 7.40. The molecule has 2 N–H and O–H groups in total. The van der Waals surface area contributed by atoms with Crippen LogP contribution in [0.15, 0.2) is 24.3 Å². The highest BCUT2D eigenvalue weighted by Crippen LogP contribution is 2.13. The summed E-state index contributed by atoms with van der Waals surface area (Å²) in [5.41, 5.74) is 1.13. The van der Waals surface area contributed by atoms with E-state index < -0.39 is 0 Å². The fourth-order valence-corrected chi connectivity index (χ4v) is 2.19. The first-order chi connectivity index (χ1) is 9.69. The van der Waals surface area contributed by atoms with E-state index >= 15 is 0 Å². The molecule has 1 aromatic rings. The third-order valence-corrected chi connectivity index (χ3v) is 3.55. The second-order valence-electron chi connectivity index (χ2n) is 4.61. The predicted octanol–water partition coefficient (Wildman–Crippen LogP) is 1.93. The summed E-state index contributed by atoms with van der Waals surface area (Å²) in [6.07, 6.45) is 2.16. The number of hydrogen-bond donors (Lipinski definition) is 2. The molecule has 0 saturated carbocycles. The topological polar surface area (TPSA) is 67.4 Å². The fourth-order valence-electron chi connectivity index (χ4n) is 2.05. The van der Waals surface area contributed by atoms with Crippen LogP contribution in [0.5, 0.6) is 0 Å². The van der Waals surface area contributed by atoms with Crippen molar-refractivity contribution in [2.75, 3.05) is 23.8 Å². The Morgan fingerprint density at radius 1 is 1.40 bits per heavy atom. The molecule has 108 valence electrons. The summed E-state index contributed by atoms with van der Waals surface area (Å²) >= 11 is 3.08. The number of benzene rings is 1. The second-order valence-corrected chi connectivity index (χ2v) is 5.17. The van der Waals surface area contributed by atoms with E-state index in [1.54, 1.807) is 24.3 Å². The molecule has 0 bridgehead atoms. The van der Waals surface area contributed by atoms with Gasteiger partial charge in [0.05, 0.1) is 11.4 Å². The standard InChI is InChI=1S/C14H17BrN2O3/c15-8-13(18)17-11-4-1-3-10(7-11)14(19)16-9-12-5-2-6-20-12/h1,3-4,7,12H,2,5-6,8-9H2,(H,16,19)(H,17,18)/t12-/m1/s1. The maximum atomic E-state index is 12.0. The Morgan fingerprint density at radius 3 is 2.95 bits per heavy atom. The van der Waals surface area contributed by atoms with Crippen LogP contribution in [-0.2, 0) is 9.53 Å². The summed E-state index contributed by atoms with van der Waals surface area (Å²) in [4.78, 5) is 23.3. The van der Waals surface area contributed by atoms with Gasteiger partial charge in [-0.2, -0.15) is 0 Å². The number of amides is 2. The van der Waals surface area contributed by atoms with Gasteiger partial charge in [-0.05, 0) is 31.0 Å². The third kappa shape index (κ3) is 4.31. The molecule has 0 aromatic heterocycles. The van der Waals surface area contributed by atoms with Crippen LogP contribution in [0.3, 0.4) is 0 Å². The number of alkyl halides is 1. The van der Waals surface area contributed by atoms with Gasteiger partial charge in [0.25, 0.3) is 5.91 Å². The number of carbonyl (C=O) groups excluding carboxylic acids is 2. The minimum atomic E-state index is -0.157. The lowest BCUT2D eigenvalue weighted by atomic mass is 10.1. The van der Waals surface area contributed by atoms with E-state index in [9.17, 15) is 9.59 Å². The summed E-state index contributed by atoms with van der Waals surface area (Å²) in [5, 5.41) is 5.77. The predicted molar refractivity (Wildman–Crippen MR) is 80.2 cm³/mol. The van der Waals surface area contributed by atoms with E-state index in [1.165, 1.54) is 0 Å². The van der Waals surface area contributed by atoms with Crippen LogP contribution >= 0.6 is 15.9 Å². The molecule has 1 heterocycles. The smallest absolute Gasteiger partial charge is 0.251 e. The molecule has 6 heteroatoms. The van der Waals surface area contributed by atoms with Crippen molar-refractivity contribution < 1.29 is 14.3 Å². The Morgan fingerprint density at radius 2 is 2.25 bits per heavy atom. The minimum Gasteiger partial charge on any atom is -0.376 e. The van der Waals surface area contributed by atoms with Crippen molar-refractivity contribution in [2.45, 2.75) is 18.9 Å². The Kier molecular flexibility index (Phi) is 5.55. The van der Waals surface area contributed by atoms with Crippen LogP contribution in [-0.4, -0.2) is 36.4 Å². The van der Waals surface area contributed by atoms with Gasteiger partial charge >= 0.3 is 0 Å². The van der Waals surface area contributed by atoms with Gasteiger partial charge in [0, 0.05) is 24.4 Å². The average molecular weight is 341 g/mol.